The molecule has 112 valence electrons. The van der Waals surface area contributed by atoms with Crippen molar-refractivity contribution in [2.24, 2.45) is 5.84 Å². The van der Waals surface area contributed by atoms with Crippen LogP contribution in [-0.4, -0.2) is 7.11 Å². The molecule has 0 aliphatic rings. The van der Waals surface area contributed by atoms with Crippen molar-refractivity contribution in [2.75, 3.05) is 7.11 Å². The molecule has 0 fully saturated rings. The molecule has 0 aliphatic carbocycles. The van der Waals surface area contributed by atoms with E-state index in [0.717, 1.165) is 28.0 Å². The molecule has 0 bridgehead atoms. The van der Waals surface area contributed by atoms with E-state index in [2.05, 4.69) is 5.43 Å². The lowest BCUT2D eigenvalue weighted by atomic mass is 9.95. The van der Waals surface area contributed by atoms with Crippen LogP contribution in [0, 0.1) is 19.7 Å². The van der Waals surface area contributed by atoms with E-state index in [4.69, 9.17) is 10.6 Å². The first kappa shape index (κ1) is 15.5. The van der Waals surface area contributed by atoms with Gasteiger partial charge in [0.1, 0.15) is 11.6 Å². The molecule has 3 N–H and O–H groups in total. The van der Waals surface area contributed by atoms with E-state index in [0.29, 0.717) is 6.42 Å². The van der Waals surface area contributed by atoms with Gasteiger partial charge in [-0.3, -0.25) is 11.3 Å². The van der Waals surface area contributed by atoms with E-state index in [1.165, 1.54) is 6.07 Å². The summed E-state index contributed by atoms with van der Waals surface area (Å²) in [5.74, 6) is 6.25. The topological polar surface area (TPSA) is 47.3 Å². The summed E-state index contributed by atoms with van der Waals surface area (Å²) < 4.78 is 18.9. The molecule has 1 atom stereocenters. The summed E-state index contributed by atoms with van der Waals surface area (Å²) in [6.45, 7) is 3.97. The predicted octanol–water partition coefficient (Wildman–Crippen LogP) is 3.20. The van der Waals surface area contributed by atoms with Crippen LogP contribution < -0.4 is 16.0 Å². The van der Waals surface area contributed by atoms with Gasteiger partial charge in [-0.25, -0.2) is 4.39 Å². The van der Waals surface area contributed by atoms with E-state index in [1.54, 1.807) is 19.2 Å². The van der Waals surface area contributed by atoms with Crippen LogP contribution in [0.5, 0.6) is 5.75 Å². The molecular formula is C17H21FN2O. The average molecular weight is 288 g/mol. The molecule has 0 aliphatic heterocycles. The third-order valence-electron chi connectivity index (χ3n) is 3.70. The van der Waals surface area contributed by atoms with Crippen molar-refractivity contribution in [1.82, 2.24) is 5.43 Å². The van der Waals surface area contributed by atoms with Gasteiger partial charge >= 0.3 is 0 Å². The van der Waals surface area contributed by atoms with Crippen molar-refractivity contribution in [3.63, 3.8) is 0 Å². The van der Waals surface area contributed by atoms with Crippen molar-refractivity contribution < 1.29 is 9.13 Å². The lowest BCUT2D eigenvalue weighted by Gasteiger charge is -2.20. The van der Waals surface area contributed by atoms with Crippen LogP contribution in [0.2, 0.25) is 0 Å². The molecule has 4 heteroatoms. The van der Waals surface area contributed by atoms with Crippen molar-refractivity contribution in [1.29, 1.82) is 0 Å². The number of methoxy groups -OCH3 is 1. The number of ether oxygens (including phenoxy) is 1. The zero-order chi connectivity index (χ0) is 15.4. The molecule has 0 radical (unpaired) electrons. The fourth-order valence-corrected chi connectivity index (χ4v) is 2.44. The number of nitrogens with one attached hydrogen (secondary N) is 1. The predicted molar refractivity (Wildman–Crippen MR) is 82.6 cm³/mol. The summed E-state index contributed by atoms with van der Waals surface area (Å²) in [6.07, 6.45) is 0.597. The van der Waals surface area contributed by atoms with E-state index >= 15 is 0 Å². The molecule has 21 heavy (non-hydrogen) atoms. The maximum Gasteiger partial charge on any atom is 0.123 e. The molecule has 1 unspecified atom stereocenters. The van der Waals surface area contributed by atoms with Gasteiger partial charge in [0.05, 0.1) is 13.2 Å². The van der Waals surface area contributed by atoms with E-state index < -0.39 is 0 Å². The highest BCUT2D eigenvalue weighted by molar-refractivity contribution is 5.40. The molecule has 0 amide bonds. The Balaban J connectivity index is 2.34. The Labute approximate surface area is 124 Å². The summed E-state index contributed by atoms with van der Waals surface area (Å²) in [4.78, 5) is 0. The largest absolute Gasteiger partial charge is 0.496 e. The highest BCUT2D eigenvalue weighted by Gasteiger charge is 2.17. The first-order valence-electron chi connectivity index (χ1n) is 6.91. The number of hydrogen-bond donors (Lipinski definition) is 2. The normalized spacial score (nSPS) is 12.2. The van der Waals surface area contributed by atoms with E-state index in [-0.39, 0.29) is 11.9 Å². The van der Waals surface area contributed by atoms with Crippen LogP contribution >= 0.6 is 0 Å². The number of nitrogens with two attached hydrogens (primary N) is 1. The quantitative estimate of drug-likeness (QED) is 0.656. The highest BCUT2D eigenvalue weighted by Crippen LogP contribution is 2.29. The fraction of sp³-hybridized carbons (Fsp3) is 0.294. The summed E-state index contributed by atoms with van der Waals surface area (Å²) >= 11 is 0. The van der Waals surface area contributed by atoms with Gasteiger partial charge in [0.25, 0.3) is 0 Å². The minimum atomic E-state index is -0.234. The van der Waals surface area contributed by atoms with Gasteiger partial charge in [0.15, 0.2) is 0 Å². The summed E-state index contributed by atoms with van der Waals surface area (Å²) in [5.41, 5.74) is 6.87. The van der Waals surface area contributed by atoms with Gasteiger partial charge in [-0.05, 0) is 55.2 Å². The standard InChI is InChI=1S/C17H21FN2O/c1-11-4-7-15(17(8-11)21-3)16(20-19)10-13-9-14(18)6-5-12(13)2/h4-9,16,20H,10,19H2,1-3H3. The molecule has 2 aromatic rings. The minimum absolute atomic E-state index is 0.138. The van der Waals surface area contributed by atoms with Gasteiger partial charge in [-0.2, -0.15) is 0 Å². The molecule has 0 saturated carbocycles. The second-order valence-electron chi connectivity index (χ2n) is 5.24. The molecular weight excluding hydrogens is 267 g/mol. The first-order valence-corrected chi connectivity index (χ1v) is 6.91. The number of rotatable bonds is 5. The summed E-state index contributed by atoms with van der Waals surface area (Å²) in [6, 6.07) is 10.6. The maximum atomic E-state index is 13.4. The molecule has 0 saturated heterocycles. The average Bonchev–Trinajstić information content (AvgIpc) is 2.48. The monoisotopic (exact) mass is 288 g/mol. The van der Waals surface area contributed by atoms with Gasteiger partial charge in [0, 0.05) is 5.56 Å². The van der Waals surface area contributed by atoms with Gasteiger partial charge < -0.3 is 4.74 Å². The van der Waals surface area contributed by atoms with E-state index in [9.17, 15) is 4.39 Å². The SMILES string of the molecule is COc1cc(C)ccc1C(Cc1cc(F)ccc1C)NN. The number of hydrogen-bond acceptors (Lipinski definition) is 3. The Morgan fingerprint density at radius 3 is 2.62 bits per heavy atom. The van der Waals surface area contributed by atoms with Gasteiger partial charge in [-0.1, -0.05) is 18.2 Å². The summed E-state index contributed by atoms with van der Waals surface area (Å²) in [7, 11) is 1.64. The zero-order valence-electron chi connectivity index (χ0n) is 12.6. The Morgan fingerprint density at radius 1 is 1.19 bits per heavy atom. The van der Waals surface area contributed by atoms with Crippen LogP contribution in [0.15, 0.2) is 36.4 Å². The smallest absolute Gasteiger partial charge is 0.123 e. The van der Waals surface area contributed by atoms with Crippen LogP contribution in [0.25, 0.3) is 0 Å². The number of hydrazine groups is 1. The van der Waals surface area contributed by atoms with Crippen molar-refractivity contribution >= 4 is 0 Å². The fourth-order valence-electron chi connectivity index (χ4n) is 2.44. The number of aryl methyl sites for hydroxylation is 2. The lowest BCUT2D eigenvalue weighted by molar-refractivity contribution is 0.398. The van der Waals surface area contributed by atoms with Crippen molar-refractivity contribution in [3.8, 4) is 5.75 Å². The maximum absolute atomic E-state index is 13.4. The molecule has 2 rings (SSSR count). The first-order chi connectivity index (χ1) is 10.0. The highest BCUT2D eigenvalue weighted by atomic mass is 19.1. The van der Waals surface area contributed by atoms with E-state index in [1.807, 2.05) is 32.0 Å². The molecule has 2 aromatic carbocycles. The van der Waals surface area contributed by atoms with Gasteiger partial charge in [-0.15, -0.1) is 0 Å². The Kier molecular flexibility index (Phi) is 4.94. The van der Waals surface area contributed by atoms with Crippen molar-refractivity contribution in [2.45, 2.75) is 26.3 Å². The minimum Gasteiger partial charge on any atom is -0.496 e. The third-order valence-corrected chi connectivity index (χ3v) is 3.70. The molecule has 3 nitrogen and oxygen atoms in total. The van der Waals surface area contributed by atoms with Crippen molar-refractivity contribution in [3.05, 3.63) is 64.5 Å². The molecule has 0 aromatic heterocycles. The van der Waals surface area contributed by atoms with Crippen LogP contribution in [0.4, 0.5) is 4.39 Å². The zero-order valence-corrected chi connectivity index (χ0v) is 12.6. The second-order valence-corrected chi connectivity index (χ2v) is 5.24. The number of halogens is 1. The Morgan fingerprint density at radius 2 is 1.95 bits per heavy atom. The Hall–Kier alpha value is -1.91. The summed E-state index contributed by atoms with van der Waals surface area (Å²) in [5, 5.41) is 0. The second kappa shape index (κ2) is 6.70. The lowest BCUT2D eigenvalue weighted by Crippen LogP contribution is -2.30. The van der Waals surface area contributed by atoms with Crippen LogP contribution in [0.3, 0.4) is 0 Å². The van der Waals surface area contributed by atoms with Crippen LogP contribution in [-0.2, 0) is 6.42 Å². The number of benzene rings is 2. The Bertz CT molecular complexity index is 628. The van der Waals surface area contributed by atoms with Crippen LogP contribution in [0.1, 0.15) is 28.3 Å². The molecule has 0 spiro atoms. The third kappa shape index (κ3) is 3.60. The molecule has 0 heterocycles. The van der Waals surface area contributed by atoms with Gasteiger partial charge in [0.2, 0.25) is 0 Å².